The van der Waals surface area contributed by atoms with E-state index < -0.39 is 5.97 Å². The number of carbonyl (C=O) groups is 1. The van der Waals surface area contributed by atoms with Gasteiger partial charge in [0.1, 0.15) is 17.6 Å². The third-order valence-corrected chi connectivity index (χ3v) is 2.45. The molecular formula is C13H18O5. The van der Waals surface area contributed by atoms with Crippen molar-refractivity contribution in [3.8, 4) is 11.5 Å². The van der Waals surface area contributed by atoms with Crippen molar-refractivity contribution in [3.05, 3.63) is 23.8 Å². The molecule has 100 valence electrons. The summed E-state index contributed by atoms with van der Waals surface area (Å²) in [5.74, 6) is 0.460. The van der Waals surface area contributed by atoms with E-state index in [1.807, 2.05) is 13.8 Å². The molecule has 0 heterocycles. The highest BCUT2D eigenvalue weighted by Crippen LogP contribution is 2.23. The number of benzene rings is 1. The second-order valence-corrected chi connectivity index (χ2v) is 3.79. The predicted octanol–water partition coefficient (Wildman–Crippen LogP) is 2.59. The number of hydrogen-bond donors (Lipinski definition) is 0. The van der Waals surface area contributed by atoms with Crippen molar-refractivity contribution in [2.75, 3.05) is 14.2 Å². The average Bonchev–Trinajstić information content (AvgIpc) is 2.43. The van der Waals surface area contributed by atoms with Gasteiger partial charge in [-0.2, -0.15) is 4.89 Å². The first-order chi connectivity index (χ1) is 8.60. The van der Waals surface area contributed by atoms with E-state index >= 15 is 0 Å². The lowest BCUT2D eigenvalue weighted by Crippen LogP contribution is -2.12. The van der Waals surface area contributed by atoms with Crippen LogP contribution in [0.3, 0.4) is 0 Å². The van der Waals surface area contributed by atoms with Crippen LogP contribution in [0, 0.1) is 0 Å². The van der Waals surface area contributed by atoms with E-state index in [0.29, 0.717) is 17.1 Å². The summed E-state index contributed by atoms with van der Waals surface area (Å²) in [6.07, 6.45) is 0.621. The van der Waals surface area contributed by atoms with Gasteiger partial charge in [-0.3, -0.25) is 4.89 Å². The van der Waals surface area contributed by atoms with Crippen LogP contribution in [0.1, 0.15) is 30.6 Å². The topological polar surface area (TPSA) is 54.0 Å². The molecule has 0 saturated heterocycles. The molecule has 0 bridgehead atoms. The van der Waals surface area contributed by atoms with Crippen LogP contribution in [-0.4, -0.2) is 26.3 Å². The molecule has 18 heavy (non-hydrogen) atoms. The van der Waals surface area contributed by atoms with E-state index in [1.54, 1.807) is 18.2 Å². The van der Waals surface area contributed by atoms with Crippen LogP contribution in [0.15, 0.2) is 18.2 Å². The van der Waals surface area contributed by atoms with E-state index in [0.717, 1.165) is 6.42 Å². The molecule has 1 rings (SSSR count). The molecule has 5 heteroatoms. The second-order valence-electron chi connectivity index (χ2n) is 3.79. The Morgan fingerprint density at radius 3 is 2.17 bits per heavy atom. The maximum atomic E-state index is 11.7. The first-order valence-electron chi connectivity index (χ1n) is 5.71. The van der Waals surface area contributed by atoms with Gasteiger partial charge in [-0.05, 0) is 25.5 Å². The maximum Gasteiger partial charge on any atom is 0.373 e. The second kappa shape index (κ2) is 6.86. The minimum Gasteiger partial charge on any atom is -0.497 e. The Morgan fingerprint density at radius 2 is 1.72 bits per heavy atom. The molecule has 0 amide bonds. The molecule has 0 spiro atoms. The van der Waals surface area contributed by atoms with Gasteiger partial charge < -0.3 is 9.47 Å². The molecule has 0 N–H and O–H groups in total. The molecule has 1 aromatic carbocycles. The van der Waals surface area contributed by atoms with Crippen molar-refractivity contribution < 1.29 is 24.0 Å². The molecule has 5 nitrogen and oxygen atoms in total. The van der Waals surface area contributed by atoms with E-state index in [2.05, 4.69) is 0 Å². The van der Waals surface area contributed by atoms with Crippen molar-refractivity contribution in [2.45, 2.75) is 26.4 Å². The van der Waals surface area contributed by atoms with Gasteiger partial charge in [0, 0.05) is 6.07 Å². The van der Waals surface area contributed by atoms with Crippen molar-refractivity contribution in [2.24, 2.45) is 0 Å². The summed E-state index contributed by atoms with van der Waals surface area (Å²) in [4.78, 5) is 21.4. The van der Waals surface area contributed by atoms with Gasteiger partial charge in [0.05, 0.1) is 19.8 Å². The van der Waals surface area contributed by atoms with Crippen LogP contribution in [0.5, 0.6) is 11.5 Å². The fourth-order valence-electron chi connectivity index (χ4n) is 1.17. The highest BCUT2D eigenvalue weighted by atomic mass is 17.2. The van der Waals surface area contributed by atoms with E-state index in [1.165, 1.54) is 14.2 Å². The Kier molecular flexibility index (Phi) is 5.45. The zero-order valence-corrected chi connectivity index (χ0v) is 11.1. The summed E-state index contributed by atoms with van der Waals surface area (Å²) in [6, 6.07) is 4.79. The van der Waals surface area contributed by atoms with Gasteiger partial charge in [0.15, 0.2) is 0 Å². The fraction of sp³-hybridized carbons (Fsp3) is 0.462. The minimum atomic E-state index is -0.576. The summed E-state index contributed by atoms with van der Waals surface area (Å²) < 4.78 is 10.1. The Balaban J connectivity index is 2.78. The average molecular weight is 254 g/mol. The van der Waals surface area contributed by atoms with E-state index in [9.17, 15) is 4.79 Å². The molecule has 0 aromatic heterocycles. The van der Waals surface area contributed by atoms with Gasteiger partial charge >= 0.3 is 5.97 Å². The lowest BCUT2D eigenvalue weighted by molar-refractivity contribution is -0.270. The zero-order valence-electron chi connectivity index (χ0n) is 11.1. The molecule has 0 aliphatic heterocycles. The SMILES string of the molecule is CCC(C)OOC(=O)c1cc(OC)cc(OC)c1. The van der Waals surface area contributed by atoms with Crippen LogP contribution in [0.25, 0.3) is 0 Å². The quantitative estimate of drug-likeness (QED) is 0.577. The molecule has 0 fully saturated rings. The third-order valence-electron chi connectivity index (χ3n) is 2.45. The fourth-order valence-corrected chi connectivity index (χ4v) is 1.17. The van der Waals surface area contributed by atoms with Crippen LogP contribution in [0.4, 0.5) is 0 Å². The molecule has 0 aliphatic carbocycles. The van der Waals surface area contributed by atoms with Crippen molar-refractivity contribution >= 4 is 5.97 Å². The third kappa shape index (κ3) is 3.92. The Bertz CT molecular complexity index is 380. The zero-order chi connectivity index (χ0) is 13.5. The predicted molar refractivity (Wildman–Crippen MR) is 65.8 cm³/mol. The summed E-state index contributed by atoms with van der Waals surface area (Å²) >= 11 is 0. The van der Waals surface area contributed by atoms with Crippen LogP contribution in [-0.2, 0) is 9.78 Å². The molecule has 0 aliphatic rings. The lowest BCUT2D eigenvalue weighted by Gasteiger charge is -2.10. The van der Waals surface area contributed by atoms with Crippen LogP contribution >= 0.6 is 0 Å². The number of hydrogen-bond acceptors (Lipinski definition) is 5. The van der Waals surface area contributed by atoms with Gasteiger partial charge in [0.2, 0.25) is 0 Å². The molecular weight excluding hydrogens is 236 g/mol. The molecule has 1 atom stereocenters. The van der Waals surface area contributed by atoms with Crippen LogP contribution < -0.4 is 9.47 Å². The van der Waals surface area contributed by atoms with E-state index in [-0.39, 0.29) is 6.10 Å². The number of carbonyl (C=O) groups excluding carboxylic acids is 1. The number of methoxy groups -OCH3 is 2. The van der Waals surface area contributed by atoms with Gasteiger partial charge in [-0.15, -0.1) is 0 Å². The smallest absolute Gasteiger partial charge is 0.373 e. The number of ether oxygens (including phenoxy) is 2. The van der Waals surface area contributed by atoms with Gasteiger partial charge in [-0.1, -0.05) is 6.92 Å². The minimum absolute atomic E-state index is 0.138. The summed E-state index contributed by atoms with van der Waals surface area (Å²) in [5, 5.41) is 0. The summed E-state index contributed by atoms with van der Waals surface area (Å²) in [6.45, 7) is 3.76. The Labute approximate surface area is 107 Å². The van der Waals surface area contributed by atoms with Crippen molar-refractivity contribution in [1.29, 1.82) is 0 Å². The molecule has 0 radical (unpaired) electrons. The highest BCUT2D eigenvalue weighted by molar-refractivity contribution is 5.90. The van der Waals surface area contributed by atoms with E-state index in [4.69, 9.17) is 19.2 Å². The first-order valence-corrected chi connectivity index (χ1v) is 5.71. The van der Waals surface area contributed by atoms with Crippen molar-refractivity contribution in [1.82, 2.24) is 0 Å². The number of rotatable bonds is 6. The Morgan fingerprint density at radius 1 is 1.17 bits per heavy atom. The van der Waals surface area contributed by atoms with Gasteiger partial charge in [0.25, 0.3) is 0 Å². The summed E-state index contributed by atoms with van der Waals surface area (Å²) in [5.41, 5.74) is 0.314. The lowest BCUT2D eigenvalue weighted by atomic mass is 10.2. The molecule has 1 unspecified atom stereocenters. The standard InChI is InChI=1S/C13H18O5/c1-5-9(2)17-18-13(14)10-6-11(15-3)8-12(7-10)16-4/h6-9H,5H2,1-4H3. The monoisotopic (exact) mass is 254 g/mol. The largest absolute Gasteiger partial charge is 0.497 e. The summed E-state index contributed by atoms with van der Waals surface area (Å²) in [7, 11) is 3.03. The van der Waals surface area contributed by atoms with Crippen molar-refractivity contribution in [3.63, 3.8) is 0 Å². The Hall–Kier alpha value is -1.75. The normalized spacial score (nSPS) is 11.8. The molecule has 0 saturated carbocycles. The molecule has 1 aromatic rings. The highest BCUT2D eigenvalue weighted by Gasteiger charge is 2.13. The maximum absolute atomic E-state index is 11.7. The van der Waals surface area contributed by atoms with Crippen LogP contribution in [0.2, 0.25) is 0 Å². The van der Waals surface area contributed by atoms with Gasteiger partial charge in [-0.25, -0.2) is 4.79 Å². The first kappa shape index (κ1) is 14.3.